The van der Waals surface area contributed by atoms with Crippen molar-refractivity contribution >= 4 is 22.9 Å². The van der Waals surface area contributed by atoms with E-state index in [0.29, 0.717) is 30.4 Å². The fourth-order valence-corrected chi connectivity index (χ4v) is 2.87. The van der Waals surface area contributed by atoms with Gasteiger partial charge in [-0.2, -0.15) is 0 Å². The smallest absolute Gasteiger partial charge is 0.226 e. The van der Waals surface area contributed by atoms with E-state index in [4.69, 9.17) is 4.42 Å². The first-order chi connectivity index (χ1) is 12.1. The lowest BCUT2D eigenvalue weighted by Crippen LogP contribution is -2.21. The molecular weight excluding hydrogens is 330 g/mol. The van der Waals surface area contributed by atoms with Crippen LogP contribution in [0.1, 0.15) is 50.2 Å². The van der Waals surface area contributed by atoms with Crippen molar-refractivity contribution in [1.82, 2.24) is 19.5 Å². The van der Waals surface area contributed by atoms with Gasteiger partial charge in [0.05, 0.1) is 18.4 Å². The summed E-state index contributed by atoms with van der Waals surface area (Å²) in [4.78, 5) is 25.6. The summed E-state index contributed by atoms with van der Waals surface area (Å²) in [5.74, 6) is 1.87. The number of hydrogen-bond acceptors (Lipinski definition) is 5. The summed E-state index contributed by atoms with van der Waals surface area (Å²) in [5, 5.41) is 2.89. The van der Waals surface area contributed by atoms with Crippen molar-refractivity contribution < 1.29 is 9.21 Å². The van der Waals surface area contributed by atoms with E-state index in [1.165, 1.54) is 0 Å². The molecule has 0 fully saturated rings. The molecular formula is C19H25N5O2. The van der Waals surface area contributed by atoms with Gasteiger partial charge in [0.2, 0.25) is 5.91 Å². The Balaban J connectivity index is 1.91. The number of anilines is 1. The molecule has 0 aliphatic heterocycles. The van der Waals surface area contributed by atoms with Crippen molar-refractivity contribution in [1.29, 1.82) is 0 Å². The Kier molecular flexibility index (Phi) is 4.56. The van der Waals surface area contributed by atoms with Crippen LogP contribution in [0.2, 0.25) is 0 Å². The van der Waals surface area contributed by atoms with E-state index in [2.05, 4.69) is 20.3 Å². The molecule has 26 heavy (non-hydrogen) atoms. The van der Waals surface area contributed by atoms with Crippen LogP contribution >= 0.6 is 0 Å². The molecule has 0 saturated heterocycles. The van der Waals surface area contributed by atoms with Crippen molar-refractivity contribution in [3.63, 3.8) is 0 Å². The Morgan fingerprint density at radius 3 is 2.58 bits per heavy atom. The van der Waals surface area contributed by atoms with Crippen molar-refractivity contribution in [3.05, 3.63) is 35.3 Å². The molecule has 0 bridgehead atoms. The lowest BCUT2D eigenvalue weighted by atomic mass is 9.92. The van der Waals surface area contributed by atoms with Crippen LogP contribution in [-0.4, -0.2) is 25.4 Å². The van der Waals surface area contributed by atoms with Crippen LogP contribution in [0.25, 0.3) is 11.2 Å². The highest BCUT2D eigenvalue weighted by Crippen LogP contribution is 2.23. The SMILES string of the molecule is Cc1ncc(Cn2c(C)cc3nc(NC(=O)CC(C)(C)C)c(C)nc32)o1. The summed E-state index contributed by atoms with van der Waals surface area (Å²) < 4.78 is 7.61. The molecule has 3 heterocycles. The molecule has 138 valence electrons. The molecule has 0 spiro atoms. The summed E-state index contributed by atoms with van der Waals surface area (Å²) in [6, 6.07) is 1.96. The largest absolute Gasteiger partial charge is 0.444 e. The van der Waals surface area contributed by atoms with Gasteiger partial charge in [-0.1, -0.05) is 20.8 Å². The molecule has 0 radical (unpaired) electrons. The lowest BCUT2D eigenvalue weighted by Gasteiger charge is -2.17. The predicted octanol–water partition coefficient (Wildman–Crippen LogP) is 3.77. The van der Waals surface area contributed by atoms with Gasteiger partial charge in [0.15, 0.2) is 17.4 Å². The zero-order valence-corrected chi connectivity index (χ0v) is 16.2. The number of rotatable bonds is 4. The maximum atomic E-state index is 12.2. The molecule has 0 aliphatic rings. The molecule has 0 aromatic carbocycles. The third-order valence-electron chi connectivity index (χ3n) is 4.04. The standard InChI is InChI=1S/C19H25N5O2/c1-11-7-15-18(24(11)10-14-9-20-13(3)26-14)21-12(2)17(22-15)23-16(25)8-19(4,5)6/h7,9H,8,10H2,1-6H3,(H,22,23,25). The predicted molar refractivity (Wildman–Crippen MR) is 100 cm³/mol. The summed E-state index contributed by atoms with van der Waals surface area (Å²) >= 11 is 0. The number of aryl methyl sites for hydroxylation is 3. The summed E-state index contributed by atoms with van der Waals surface area (Å²) in [6.07, 6.45) is 2.15. The van der Waals surface area contributed by atoms with Crippen LogP contribution in [0.5, 0.6) is 0 Å². The highest BCUT2D eigenvalue weighted by Gasteiger charge is 2.19. The average Bonchev–Trinajstić information content (AvgIpc) is 3.03. The third-order valence-corrected chi connectivity index (χ3v) is 4.04. The zero-order valence-electron chi connectivity index (χ0n) is 16.2. The Labute approximate surface area is 152 Å². The van der Waals surface area contributed by atoms with Gasteiger partial charge in [0, 0.05) is 19.0 Å². The summed E-state index contributed by atoms with van der Waals surface area (Å²) in [7, 11) is 0. The molecule has 0 aliphatic carbocycles. The quantitative estimate of drug-likeness (QED) is 0.770. The fourth-order valence-electron chi connectivity index (χ4n) is 2.87. The first-order valence-electron chi connectivity index (χ1n) is 8.68. The van der Waals surface area contributed by atoms with E-state index in [0.717, 1.165) is 22.6 Å². The van der Waals surface area contributed by atoms with Crippen LogP contribution in [0.3, 0.4) is 0 Å². The fraction of sp³-hybridized carbons (Fsp3) is 0.474. The Morgan fingerprint density at radius 1 is 1.23 bits per heavy atom. The van der Waals surface area contributed by atoms with Crippen molar-refractivity contribution in [2.24, 2.45) is 5.41 Å². The van der Waals surface area contributed by atoms with Gasteiger partial charge < -0.3 is 14.3 Å². The third kappa shape index (κ3) is 3.92. The van der Waals surface area contributed by atoms with Gasteiger partial charge in [-0.05, 0) is 25.3 Å². The lowest BCUT2D eigenvalue weighted by molar-refractivity contribution is -0.117. The molecule has 1 amide bonds. The Bertz CT molecular complexity index is 962. The Morgan fingerprint density at radius 2 is 1.96 bits per heavy atom. The van der Waals surface area contributed by atoms with Crippen LogP contribution in [0, 0.1) is 26.2 Å². The van der Waals surface area contributed by atoms with Crippen LogP contribution in [0.4, 0.5) is 5.82 Å². The summed E-state index contributed by atoms with van der Waals surface area (Å²) in [6.45, 7) is 12.3. The Hall–Kier alpha value is -2.70. The number of nitrogens with one attached hydrogen (secondary N) is 1. The van der Waals surface area contributed by atoms with E-state index >= 15 is 0 Å². The number of amides is 1. The average molecular weight is 355 g/mol. The molecule has 0 unspecified atom stereocenters. The molecule has 0 saturated carbocycles. The van der Waals surface area contributed by atoms with Crippen LogP contribution in [-0.2, 0) is 11.3 Å². The molecule has 3 aromatic heterocycles. The van der Waals surface area contributed by atoms with Crippen LogP contribution < -0.4 is 5.32 Å². The molecule has 0 atom stereocenters. The van der Waals surface area contributed by atoms with Gasteiger partial charge in [0.1, 0.15) is 11.3 Å². The van der Waals surface area contributed by atoms with Gasteiger partial charge in [-0.25, -0.2) is 15.0 Å². The molecule has 3 aromatic rings. The van der Waals surface area contributed by atoms with Gasteiger partial charge in [0.25, 0.3) is 0 Å². The van der Waals surface area contributed by atoms with E-state index in [1.807, 2.05) is 52.2 Å². The highest BCUT2D eigenvalue weighted by molar-refractivity contribution is 5.91. The van der Waals surface area contributed by atoms with Gasteiger partial charge in [-0.15, -0.1) is 0 Å². The number of fused-ring (bicyclic) bond motifs is 1. The van der Waals surface area contributed by atoms with E-state index in [9.17, 15) is 4.79 Å². The molecule has 1 N–H and O–H groups in total. The van der Waals surface area contributed by atoms with E-state index < -0.39 is 0 Å². The summed E-state index contributed by atoms with van der Waals surface area (Å²) in [5.41, 5.74) is 3.14. The van der Waals surface area contributed by atoms with Crippen molar-refractivity contribution in [2.75, 3.05) is 5.32 Å². The number of carbonyl (C=O) groups is 1. The number of aromatic nitrogens is 4. The second kappa shape index (κ2) is 6.55. The van der Waals surface area contributed by atoms with E-state index in [1.54, 1.807) is 6.20 Å². The number of oxazole rings is 1. The number of carbonyl (C=O) groups excluding carboxylic acids is 1. The van der Waals surface area contributed by atoms with Crippen molar-refractivity contribution in [2.45, 2.75) is 54.5 Å². The first-order valence-corrected chi connectivity index (χ1v) is 8.68. The number of hydrogen-bond donors (Lipinski definition) is 1. The van der Waals surface area contributed by atoms with Gasteiger partial charge >= 0.3 is 0 Å². The molecule has 7 heteroatoms. The highest BCUT2D eigenvalue weighted by atomic mass is 16.4. The molecule has 7 nitrogen and oxygen atoms in total. The van der Waals surface area contributed by atoms with Crippen LogP contribution in [0.15, 0.2) is 16.7 Å². The monoisotopic (exact) mass is 355 g/mol. The van der Waals surface area contributed by atoms with Crippen molar-refractivity contribution in [3.8, 4) is 0 Å². The maximum Gasteiger partial charge on any atom is 0.226 e. The normalized spacial score (nSPS) is 11.9. The van der Waals surface area contributed by atoms with Gasteiger partial charge in [-0.3, -0.25) is 4.79 Å². The minimum atomic E-state index is -0.0787. The number of nitrogens with zero attached hydrogens (tertiary/aromatic N) is 4. The van der Waals surface area contributed by atoms with E-state index in [-0.39, 0.29) is 11.3 Å². The maximum absolute atomic E-state index is 12.2. The topological polar surface area (TPSA) is 85.8 Å². The minimum Gasteiger partial charge on any atom is -0.444 e. The second-order valence-corrected chi connectivity index (χ2v) is 7.87. The second-order valence-electron chi connectivity index (χ2n) is 7.87. The first kappa shape index (κ1) is 18.1. The minimum absolute atomic E-state index is 0.0532. The molecule has 3 rings (SSSR count). The zero-order chi connectivity index (χ0) is 19.1.